The predicted octanol–water partition coefficient (Wildman–Crippen LogP) is 0.645. The van der Waals surface area contributed by atoms with Crippen LogP contribution in [-0.4, -0.2) is 49.1 Å². The molecule has 0 amide bonds. The van der Waals surface area contributed by atoms with Gasteiger partial charge in [-0.15, -0.1) is 12.3 Å². The molecule has 0 aromatic carbocycles. The maximum atomic E-state index is 5.34. The van der Waals surface area contributed by atoms with E-state index in [1.807, 2.05) is 18.8 Å². The second kappa shape index (κ2) is 5.54. The van der Waals surface area contributed by atoms with Crippen molar-refractivity contribution in [1.82, 2.24) is 10.2 Å². The minimum atomic E-state index is 0.447. The maximum Gasteiger partial charge on any atom is 0.0346 e. The van der Waals surface area contributed by atoms with E-state index < -0.39 is 0 Å². The molecule has 0 aromatic heterocycles. The average Bonchev–Trinajstić information content (AvgIpc) is 2.16. The van der Waals surface area contributed by atoms with E-state index >= 15 is 0 Å². The summed E-state index contributed by atoms with van der Waals surface area (Å²) in [6.07, 6.45) is 6.17. The van der Waals surface area contributed by atoms with E-state index in [0.717, 1.165) is 6.42 Å². The Morgan fingerprint density at radius 3 is 3.08 bits per heavy atom. The van der Waals surface area contributed by atoms with Crippen molar-refractivity contribution in [3.05, 3.63) is 0 Å². The lowest BCUT2D eigenvalue weighted by molar-refractivity contribution is 0.221. The third kappa shape index (κ3) is 2.91. The third-order valence-corrected chi connectivity index (χ3v) is 3.66. The maximum absolute atomic E-state index is 5.34. The third-order valence-electron chi connectivity index (χ3n) is 2.62. The molecule has 0 radical (unpaired) electrons. The van der Waals surface area contributed by atoms with Crippen LogP contribution in [0.2, 0.25) is 0 Å². The van der Waals surface area contributed by atoms with E-state index in [1.165, 1.54) is 18.1 Å². The summed E-state index contributed by atoms with van der Waals surface area (Å²) in [4.78, 5) is 2.41. The molecule has 2 unspecified atom stereocenters. The van der Waals surface area contributed by atoms with Gasteiger partial charge in [-0.25, -0.2) is 0 Å². The van der Waals surface area contributed by atoms with E-state index in [2.05, 4.69) is 23.2 Å². The standard InChI is InChI=1S/C10H18N2S/c1-4-5-9(11-2)10-8-13-7-6-12(10)3/h1,9-11H,5-8H2,2-3H3. The molecular formula is C10H18N2S. The lowest BCUT2D eigenvalue weighted by Gasteiger charge is -2.37. The van der Waals surface area contributed by atoms with Gasteiger partial charge in [0.05, 0.1) is 0 Å². The van der Waals surface area contributed by atoms with Gasteiger partial charge in [0, 0.05) is 36.6 Å². The molecule has 2 nitrogen and oxygen atoms in total. The highest BCUT2D eigenvalue weighted by atomic mass is 32.2. The summed E-state index contributed by atoms with van der Waals surface area (Å²) in [5.41, 5.74) is 0. The molecule has 13 heavy (non-hydrogen) atoms. The topological polar surface area (TPSA) is 15.3 Å². The van der Waals surface area contributed by atoms with Crippen LogP contribution in [0.25, 0.3) is 0 Å². The fourth-order valence-corrected chi connectivity index (χ4v) is 3.00. The van der Waals surface area contributed by atoms with E-state index in [4.69, 9.17) is 6.42 Å². The number of terminal acetylenes is 1. The summed E-state index contributed by atoms with van der Waals surface area (Å²) in [5.74, 6) is 5.19. The highest BCUT2D eigenvalue weighted by Crippen LogP contribution is 2.18. The van der Waals surface area contributed by atoms with Crippen molar-refractivity contribution < 1.29 is 0 Å². The zero-order chi connectivity index (χ0) is 9.68. The Kier molecular flexibility index (Phi) is 4.65. The van der Waals surface area contributed by atoms with Crippen LogP contribution in [0.1, 0.15) is 6.42 Å². The number of hydrogen-bond donors (Lipinski definition) is 1. The van der Waals surface area contributed by atoms with Crippen molar-refractivity contribution in [1.29, 1.82) is 0 Å². The molecule has 0 bridgehead atoms. The zero-order valence-corrected chi connectivity index (χ0v) is 9.23. The van der Waals surface area contributed by atoms with Crippen molar-refractivity contribution in [3.8, 4) is 12.3 Å². The first kappa shape index (κ1) is 10.9. The fourth-order valence-electron chi connectivity index (χ4n) is 1.69. The molecule has 0 aromatic rings. The predicted molar refractivity (Wildman–Crippen MR) is 60.0 cm³/mol. The van der Waals surface area contributed by atoms with E-state index in [1.54, 1.807) is 0 Å². The summed E-state index contributed by atoms with van der Waals surface area (Å²) in [6.45, 7) is 1.18. The second-order valence-corrected chi connectivity index (χ2v) is 4.58. The number of nitrogens with zero attached hydrogens (tertiary/aromatic N) is 1. The van der Waals surface area contributed by atoms with Gasteiger partial charge < -0.3 is 10.2 Å². The minimum absolute atomic E-state index is 0.447. The number of nitrogens with one attached hydrogen (secondary N) is 1. The normalized spacial score (nSPS) is 26.7. The van der Waals surface area contributed by atoms with Gasteiger partial charge >= 0.3 is 0 Å². The van der Waals surface area contributed by atoms with Crippen LogP contribution < -0.4 is 5.32 Å². The molecule has 1 fully saturated rings. The fraction of sp³-hybridized carbons (Fsp3) is 0.800. The number of rotatable bonds is 3. The Morgan fingerprint density at radius 1 is 1.77 bits per heavy atom. The lowest BCUT2D eigenvalue weighted by atomic mass is 10.1. The SMILES string of the molecule is C#CCC(NC)C1CSCCN1C. The van der Waals surface area contributed by atoms with Crippen LogP contribution in [0, 0.1) is 12.3 Å². The summed E-state index contributed by atoms with van der Waals surface area (Å²) in [6, 6.07) is 1.04. The van der Waals surface area contributed by atoms with Gasteiger partial charge in [0.1, 0.15) is 0 Å². The van der Waals surface area contributed by atoms with Gasteiger partial charge in [-0.3, -0.25) is 0 Å². The lowest BCUT2D eigenvalue weighted by Crippen LogP contribution is -2.51. The molecule has 0 spiro atoms. The quantitative estimate of drug-likeness (QED) is 0.670. The van der Waals surface area contributed by atoms with Crippen molar-refractivity contribution >= 4 is 11.8 Å². The summed E-state index contributed by atoms with van der Waals surface area (Å²) in [5, 5.41) is 3.31. The van der Waals surface area contributed by atoms with Crippen LogP contribution in [0.15, 0.2) is 0 Å². The second-order valence-electron chi connectivity index (χ2n) is 3.43. The van der Waals surface area contributed by atoms with E-state index in [9.17, 15) is 0 Å². The Morgan fingerprint density at radius 2 is 2.54 bits per heavy atom. The highest BCUT2D eigenvalue weighted by molar-refractivity contribution is 7.99. The van der Waals surface area contributed by atoms with Gasteiger partial charge in [0.15, 0.2) is 0 Å². The summed E-state index contributed by atoms with van der Waals surface area (Å²) < 4.78 is 0. The molecule has 1 aliphatic rings. The first-order chi connectivity index (χ1) is 6.29. The van der Waals surface area contributed by atoms with Gasteiger partial charge in [0.2, 0.25) is 0 Å². The van der Waals surface area contributed by atoms with E-state index in [0.29, 0.717) is 12.1 Å². The number of likely N-dealkylation sites (N-methyl/N-ethyl adjacent to an activating group) is 2. The van der Waals surface area contributed by atoms with E-state index in [-0.39, 0.29) is 0 Å². The van der Waals surface area contributed by atoms with Crippen molar-refractivity contribution in [2.24, 2.45) is 0 Å². The summed E-state index contributed by atoms with van der Waals surface area (Å²) >= 11 is 2.03. The van der Waals surface area contributed by atoms with Crippen LogP contribution in [0.4, 0.5) is 0 Å². The molecule has 74 valence electrons. The first-order valence-electron chi connectivity index (χ1n) is 4.68. The van der Waals surface area contributed by atoms with Gasteiger partial charge in [-0.05, 0) is 14.1 Å². The zero-order valence-electron chi connectivity index (χ0n) is 8.42. The average molecular weight is 198 g/mol. The molecule has 1 saturated heterocycles. The van der Waals surface area contributed by atoms with Crippen LogP contribution >= 0.6 is 11.8 Å². The van der Waals surface area contributed by atoms with Crippen molar-refractivity contribution in [2.75, 3.05) is 32.1 Å². The monoisotopic (exact) mass is 198 g/mol. The number of hydrogen-bond acceptors (Lipinski definition) is 3. The first-order valence-corrected chi connectivity index (χ1v) is 5.83. The Balaban J connectivity index is 2.50. The van der Waals surface area contributed by atoms with Gasteiger partial charge in [-0.1, -0.05) is 0 Å². The smallest absolute Gasteiger partial charge is 0.0346 e. The molecular weight excluding hydrogens is 180 g/mol. The summed E-state index contributed by atoms with van der Waals surface area (Å²) in [7, 11) is 4.18. The molecule has 2 atom stereocenters. The van der Waals surface area contributed by atoms with Gasteiger partial charge in [0.25, 0.3) is 0 Å². The molecule has 1 rings (SSSR count). The number of thioether (sulfide) groups is 1. The molecule has 0 aliphatic carbocycles. The minimum Gasteiger partial charge on any atom is -0.315 e. The molecule has 1 N–H and O–H groups in total. The Labute approximate surface area is 85.4 Å². The van der Waals surface area contributed by atoms with Crippen LogP contribution in [0.3, 0.4) is 0 Å². The van der Waals surface area contributed by atoms with Crippen LogP contribution in [-0.2, 0) is 0 Å². The Hall–Kier alpha value is -0.170. The van der Waals surface area contributed by atoms with Crippen molar-refractivity contribution in [3.63, 3.8) is 0 Å². The largest absolute Gasteiger partial charge is 0.315 e. The molecule has 1 aliphatic heterocycles. The highest BCUT2D eigenvalue weighted by Gasteiger charge is 2.25. The van der Waals surface area contributed by atoms with Gasteiger partial charge in [-0.2, -0.15) is 11.8 Å². The van der Waals surface area contributed by atoms with Crippen molar-refractivity contribution in [2.45, 2.75) is 18.5 Å². The van der Waals surface area contributed by atoms with Crippen LogP contribution in [0.5, 0.6) is 0 Å². The Bertz CT molecular complexity index is 188. The molecule has 1 heterocycles. The molecule has 3 heteroatoms. The molecule has 0 saturated carbocycles.